The second kappa shape index (κ2) is 7.01. The maximum atomic E-state index is 13.7. The Kier molecular flexibility index (Phi) is 4.39. The molecule has 4 aromatic rings. The Labute approximate surface area is 174 Å². The minimum atomic E-state index is -0.995. The third kappa shape index (κ3) is 3.10. The molecule has 0 unspecified atom stereocenters. The van der Waals surface area contributed by atoms with Gasteiger partial charge in [0.2, 0.25) is 0 Å². The van der Waals surface area contributed by atoms with E-state index in [1.54, 1.807) is 18.0 Å². The van der Waals surface area contributed by atoms with Gasteiger partial charge < -0.3 is 14.9 Å². The van der Waals surface area contributed by atoms with E-state index < -0.39 is 17.5 Å². The first kappa shape index (κ1) is 19.4. The standard InChI is InChI=1S/C23H18F3N3O2/c1-29(23(31)19-8-11-7-15(25)16(26)10-18(11)27-19)20-4-2-3-17-21(20)13-6-5-12(24)9-14(13)22(30)28-17/h5-10,20,27H,2-4H2,1H3,(H,28,30)/t20-/m1/s1. The van der Waals surface area contributed by atoms with E-state index in [-0.39, 0.29) is 28.6 Å². The number of nitrogens with one attached hydrogen (secondary N) is 2. The van der Waals surface area contributed by atoms with Gasteiger partial charge in [0.15, 0.2) is 11.6 Å². The highest BCUT2D eigenvalue weighted by Crippen LogP contribution is 2.37. The van der Waals surface area contributed by atoms with E-state index in [2.05, 4.69) is 9.97 Å². The fourth-order valence-corrected chi connectivity index (χ4v) is 4.53. The number of H-pyrrole nitrogens is 2. The normalized spacial score (nSPS) is 15.9. The molecular formula is C23H18F3N3O2. The van der Waals surface area contributed by atoms with Crippen molar-refractivity contribution < 1.29 is 18.0 Å². The summed E-state index contributed by atoms with van der Waals surface area (Å²) in [6.45, 7) is 0. The predicted octanol–water partition coefficient (Wildman–Crippen LogP) is 4.58. The number of rotatable bonds is 2. The quantitative estimate of drug-likeness (QED) is 0.494. The number of fused-ring (bicyclic) bond motifs is 4. The second-order valence-electron chi connectivity index (χ2n) is 7.90. The van der Waals surface area contributed by atoms with E-state index in [1.807, 2.05) is 0 Å². The number of benzene rings is 2. The van der Waals surface area contributed by atoms with E-state index in [4.69, 9.17) is 0 Å². The van der Waals surface area contributed by atoms with Crippen LogP contribution >= 0.6 is 0 Å². The zero-order valence-corrected chi connectivity index (χ0v) is 16.6. The molecule has 0 aliphatic heterocycles. The van der Waals surface area contributed by atoms with Crippen molar-refractivity contribution in [3.63, 3.8) is 0 Å². The number of aryl methyl sites for hydroxylation is 1. The summed E-state index contributed by atoms with van der Waals surface area (Å²) in [4.78, 5) is 32.9. The van der Waals surface area contributed by atoms with Gasteiger partial charge in [-0.3, -0.25) is 9.59 Å². The van der Waals surface area contributed by atoms with E-state index in [0.717, 1.165) is 29.8 Å². The molecule has 1 amide bonds. The molecule has 5 nitrogen and oxygen atoms in total. The first-order chi connectivity index (χ1) is 14.8. The molecule has 31 heavy (non-hydrogen) atoms. The lowest BCUT2D eigenvalue weighted by atomic mass is 9.86. The number of pyridine rings is 1. The van der Waals surface area contributed by atoms with Crippen molar-refractivity contribution in [1.29, 1.82) is 0 Å². The van der Waals surface area contributed by atoms with Crippen LogP contribution in [0.4, 0.5) is 13.2 Å². The predicted molar refractivity (Wildman–Crippen MR) is 111 cm³/mol. The molecule has 158 valence electrons. The van der Waals surface area contributed by atoms with Crippen LogP contribution in [0.3, 0.4) is 0 Å². The van der Waals surface area contributed by atoms with Gasteiger partial charge in [-0.15, -0.1) is 0 Å². The fraction of sp³-hybridized carbons (Fsp3) is 0.217. The number of aromatic amines is 2. The molecule has 0 spiro atoms. The fourth-order valence-electron chi connectivity index (χ4n) is 4.53. The van der Waals surface area contributed by atoms with Gasteiger partial charge in [-0.25, -0.2) is 13.2 Å². The molecule has 0 bridgehead atoms. The van der Waals surface area contributed by atoms with Crippen LogP contribution in [-0.2, 0) is 6.42 Å². The van der Waals surface area contributed by atoms with Crippen molar-refractivity contribution >= 4 is 27.6 Å². The molecule has 1 atom stereocenters. The van der Waals surface area contributed by atoms with Crippen LogP contribution in [0.15, 0.2) is 41.2 Å². The molecule has 2 aromatic carbocycles. The van der Waals surface area contributed by atoms with Crippen LogP contribution in [0.2, 0.25) is 0 Å². The van der Waals surface area contributed by atoms with Crippen LogP contribution < -0.4 is 5.56 Å². The van der Waals surface area contributed by atoms with Gasteiger partial charge in [-0.05, 0) is 48.9 Å². The van der Waals surface area contributed by atoms with Crippen LogP contribution in [0.25, 0.3) is 21.7 Å². The zero-order chi connectivity index (χ0) is 21.9. The number of halogens is 3. The summed E-state index contributed by atoms with van der Waals surface area (Å²) < 4.78 is 40.8. The van der Waals surface area contributed by atoms with Gasteiger partial charge >= 0.3 is 0 Å². The number of amides is 1. The summed E-state index contributed by atoms with van der Waals surface area (Å²) in [5, 5.41) is 1.25. The van der Waals surface area contributed by atoms with E-state index in [9.17, 15) is 22.8 Å². The molecule has 1 aliphatic carbocycles. The van der Waals surface area contributed by atoms with Gasteiger partial charge in [-0.2, -0.15) is 0 Å². The molecule has 2 heterocycles. The highest BCUT2D eigenvalue weighted by atomic mass is 19.2. The SMILES string of the molecule is CN(C(=O)c1cc2cc(F)c(F)cc2[nH]1)[C@@H]1CCCc2[nH]c(=O)c3cc(F)ccc3c21. The Balaban J connectivity index is 1.59. The lowest BCUT2D eigenvalue weighted by Crippen LogP contribution is -2.34. The number of hydrogen-bond donors (Lipinski definition) is 2. The molecule has 0 fully saturated rings. The lowest BCUT2D eigenvalue weighted by molar-refractivity contribution is 0.0710. The Morgan fingerprint density at radius 1 is 1.03 bits per heavy atom. The highest BCUT2D eigenvalue weighted by Gasteiger charge is 2.31. The third-order valence-electron chi connectivity index (χ3n) is 6.02. The van der Waals surface area contributed by atoms with Crippen molar-refractivity contribution in [2.75, 3.05) is 7.05 Å². The van der Waals surface area contributed by atoms with E-state index >= 15 is 0 Å². The molecular weight excluding hydrogens is 407 g/mol. The molecule has 0 saturated carbocycles. The lowest BCUT2D eigenvalue weighted by Gasteiger charge is -2.33. The topological polar surface area (TPSA) is 69.0 Å². The second-order valence-corrected chi connectivity index (χ2v) is 7.90. The van der Waals surface area contributed by atoms with Crippen molar-refractivity contribution in [3.05, 3.63) is 81.2 Å². The smallest absolute Gasteiger partial charge is 0.270 e. The largest absolute Gasteiger partial charge is 0.350 e. The number of carbonyl (C=O) groups is 1. The molecule has 8 heteroatoms. The number of carbonyl (C=O) groups excluding carboxylic acids is 1. The summed E-state index contributed by atoms with van der Waals surface area (Å²) in [6.07, 6.45) is 2.08. The number of aromatic nitrogens is 2. The van der Waals surface area contributed by atoms with Crippen molar-refractivity contribution in [2.24, 2.45) is 0 Å². The molecule has 5 rings (SSSR count). The number of nitrogens with zero attached hydrogens (tertiary/aromatic N) is 1. The third-order valence-corrected chi connectivity index (χ3v) is 6.02. The van der Waals surface area contributed by atoms with Gasteiger partial charge in [0.25, 0.3) is 11.5 Å². The van der Waals surface area contributed by atoms with E-state index in [0.29, 0.717) is 29.1 Å². The van der Waals surface area contributed by atoms with Crippen molar-refractivity contribution in [3.8, 4) is 0 Å². The highest BCUT2D eigenvalue weighted by molar-refractivity contribution is 5.98. The molecule has 2 N–H and O–H groups in total. The first-order valence-electron chi connectivity index (χ1n) is 9.92. The van der Waals surface area contributed by atoms with Gasteiger partial charge in [0.05, 0.1) is 11.4 Å². The Morgan fingerprint density at radius 2 is 1.81 bits per heavy atom. The Morgan fingerprint density at radius 3 is 2.61 bits per heavy atom. The summed E-state index contributed by atoms with van der Waals surface area (Å²) in [7, 11) is 1.65. The summed E-state index contributed by atoms with van der Waals surface area (Å²) in [6, 6.07) is 7.27. The van der Waals surface area contributed by atoms with Gasteiger partial charge in [0, 0.05) is 35.3 Å². The minimum Gasteiger partial charge on any atom is -0.350 e. The molecule has 1 aliphatic rings. The van der Waals surface area contributed by atoms with Crippen LogP contribution in [0.5, 0.6) is 0 Å². The maximum Gasteiger partial charge on any atom is 0.270 e. The summed E-state index contributed by atoms with van der Waals surface area (Å²) in [5.41, 5.74) is 1.70. The number of hydrogen-bond acceptors (Lipinski definition) is 2. The summed E-state index contributed by atoms with van der Waals surface area (Å²) >= 11 is 0. The van der Waals surface area contributed by atoms with Crippen LogP contribution in [-0.4, -0.2) is 27.8 Å². The zero-order valence-electron chi connectivity index (χ0n) is 16.6. The monoisotopic (exact) mass is 425 g/mol. The molecule has 0 saturated heterocycles. The average molecular weight is 425 g/mol. The molecule has 2 aromatic heterocycles. The summed E-state index contributed by atoms with van der Waals surface area (Å²) in [5.74, 6) is -2.84. The van der Waals surface area contributed by atoms with Crippen LogP contribution in [0, 0.1) is 17.5 Å². The molecule has 0 radical (unpaired) electrons. The minimum absolute atomic E-state index is 0.203. The van der Waals surface area contributed by atoms with Gasteiger partial charge in [-0.1, -0.05) is 6.07 Å². The van der Waals surface area contributed by atoms with E-state index in [1.165, 1.54) is 18.2 Å². The average Bonchev–Trinajstić information content (AvgIpc) is 3.15. The Bertz CT molecular complexity index is 1380. The van der Waals surface area contributed by atoms with Crippen LogP contribution in [0.1, 0.15) is 40.6 Å². The maximum absolute atomic E-state index is 13.7. The Hall–Kier alpha value is -3.55. The first-order valence-corrected chi connectivity index (χ1v) is 9.92. The van der Waals surface area contributed by atoms with Gasteiger partial charge in [0.1, 0.15) is 11.5 Å². The van der Waals surface area contributed by atoms with Crippen molar-refractivity contribution in [1.82, 2.24) is 14.9 Å². The van der Waals surface area contributed by atoms with Crippen molar-refractivity contribution in [2.45, 2.75) is 25.3 Å².